The minimum atomic E-state index is -3.59. The van der Waals surface area contributed by atoms with Crippen LogP contribution in [-0.2, 0) is 16.4 Å². The van der Waals surface area contributed by atoms with Crippen LogP contribution in [0.4, 0.5) is 0 Å². The lowest BCUT2D eigenvalue weighted by Crippen LogP contribution is -2.27. The van der Waals surface area contributed by atoms with Crippen LogP contribution in [0.3, 0.4) is 0 Å². The summed E-state index contributed by atoms with van der Waals surface area (Å²) < 4.78 is 34.8. The van der Waals surface area contributed by atoms with Gasteiger partial charge in [-0.05, 0) is 37.1 Å². The van der Waals surface area contributed by atoms with E-state index in [1.165, 1.54) is 17.7 Å². The molecule has 0 atom stereocenters. The van der Waals surface area contributed by atoms with Gasteiger partial charge in [0.1, 0.15) is 12.1 Å². The molecule has 1 aromatic carbocycles. The Bertz CT molecular complexity index is 953. The number of fused-ring (bicyclic) bond motifs is 1. The van der Waals surface area contributed by atoms with Crippen LogP contribution >= 0.6 is 11.3 Å². The van der Waals surface area contributed by atoms with Crippen LogP contribution in [-0.4, -0.2) is 36.7 Å². The molecule has 0 aliphatic heterocycles. The Morgan fingerprint density at radius 1 is 1.29 bits per heavy atom. The van der Waals surface area contributed by atoms with Gasteiger partial charge in [-0.25, -0.2) is 22.6 Å². The van der Waals surface area contributed by atoms with E-state index in [4.69, 9.17) is 4.74 Å². The summed E-state index contributed by atoms with van der Waals surface area (Å²) in [5.74, 6) is 0.649. The second-order valence-electron chi connectivity index (χ2n) is 5.42. The van der Waals surface area contributed by atoms with Crippen molar-refractivity contribution in [1.82, 2.24) is 19.3 Å². The van der Waals surface area contributed by atoms with Crippen LogP contribution < -0.4 is 9.46 Å². The third kappa shape index (κ3) is 3.14. The van der Waals surface area contributed by atoms with Crippen molar-refractivity contribution >= 4 is 26.3 Å². The van der Waals surface area contributed by atoms with Gasteiger partial charge in [0.15, 0.2) is 0 Å². The zero-order valence-corrected chi connectivity index (χ0v) is 15.2. The molecule has 0 amide bonds. The highest BCUT2D eigenvalue weighted by Gasteiger charge is 2.20. The molecule has 9 heteroatoms. The van der Waals surface area contributed by atoms with Crippen LogP contribution in [0.1, 0.15) is 16.8 Å². The molecule has 24 heavy (non-hydrogen) atoms. The highest BCUT2D eigenvalue weighted by Crippen LogP contribution is 2.25. The molecule has 0 bridgehead atoms. The van der Waals surface area contributed by atoms with Gasteiger partial charge in [0, 0.05) is 18.3 Å². The van der Waals surface area contributed by atoms with Crippen molar-refractivity contribution < 1.29 is 13.2 Å². The Labute approximate surface area is 144 Å². The molecule has 0 saturated carbocycles. The number of aryl methyl sites for hydroxylation is 2. The number of thiazole rings is 1. The van der Waals surface area contributed by atoms with E-state index in [2.05, 4.69) is 14.8 Å². The van der Waals surface area contributed by atoms with E-state index in [-0.39, 0.29) is 0 Å². The Hall–Kier alpha value is -1.97. The summed E-state index contributed by atoms with van der Waals surface area (Å²) in [6.45, 7) is 3.82. The van der Waals surface area contributed by atoms with E-state index >= 15 is 0 Å². The summed E-state index contributed by atoms with van der Waals surface area (Å²) in [4.78, 5) is 5.21. The summed E-state index contributed by atoms with van der Waals surface area (Å²) in [5, 5.41) is 6.06. The van der Waals surface area contributed by atoms with Crippen LogP contribution in [0.2, 0.25) is 0 Å². The van der Waals surface area contributed by atoms with Crippen LogP contribution in [0.25, 0.3) is 4.96 Å². The van der Waals surface area contributed by atoms with E-state index in [9.17, 15) is 8.42 Å². The number of ether oxygens (including phenoxy) is 1. The number of rotatable bonds is 6. The summed E-state index contributed by atoms with van der Waals surface area (Å²) >= 11 is 1.48. The molecular formula is C15H18N4O3S2. The first-order valence-electron chi connectivity index (χ1n) is 7.33. The highest BCUT2D eigenvalue weighted by molar-refractivity contribution is 7.89. The number of methoxy groups -OCH3 is 1. The maximum absolute atomic E-state index is 12.6. The zero-order chi connectivity index (χ0) is 17.3. The highest BCUT2D eigenvalue weighted by atomic mass is 32.2. The Morgan fingerprint density at radius 2 is 2.00 bits per heavy atom. The third-order valence-electron chi connectivity index (χ3n) is 3.70. The van der Waals surface area contributed by atoms with Gasteiger partial charge < -0.3 is 4.74 Å². The molecule has 0 spiro atoms. The van der Waals surface area contributed by atoms with E-state index in [0.717, 1.165) is 10.7 Å². The molecule has 0 unspecified atom stereocenters. The fraction of sp³-hybridized carbons (Fsp3) is 0.333. The van der Waals surface area contributed by atoms with E-state index in [1.807, 2.05) is 5.38 Å². The molecule has 7 nitrogen and oxygen atoms in total. The van der Waals surface area contributed by atoms with Crippen molar-refractivity contribution in [2.45, 2.75) is 25.2 Å². The minimum Gasteiger partial charge on any atom is -0.497 e. The lowest BCUT2D eigenvalue weighted by molar-refractivity contribution is 0.413. The first kappa shape index (κ1) is 16.9. The number of nitrogens with one attached hydrogen (secondary N) is 1. The van der Waals surface area contributed by atoms with Gasteiger partial charge >= 0.3 is 0 Å². The zero-order valence-electron chi connectivity index (χ0n) is 13.6. The van der Waals surface area contributed by atoms with E-state index in [0.29, 0.717) is 34.7 Å². The maximum Gasteiger partial charge on any atom is 0.241 e. The molecule has 3 rings (SSSR count). The van der Waals surface area contributed by atoms with Crippen LogP contribution in [0, 0.1) is 13.8 Å². The summed E-state index contributed by atoms with van der Waals surface area (Å²) in [5.41, 5.74) is 2.25. The molecule has 0 fully saturated rings. The van der Waals surface area contributed by atoms with Crippen molar-refractivity contribution in [2.24, 2.45) is 0 Å². The van der Waals surface area contributed by atoms with Gasteiger partial charge in [-0.2, -0.15) is 5.10 Å². The van der Waals surface area contributed by atoms with Crippen molar-refractivity contribution in [3.05, 3.63) is 40.7 Å². The van der Waals surface area contributed by atoms with Crippen LogP contribution in [0.5, 0.6) is 5.75 Å². The van der Waals surface area contributed by atoms with Gasteiger partial charge in [-0.1, -0.05) is 0 Å². The van der Waals surface area contributed by atoms with Crippen molar-refractivity contribution in [2.75, 3.05) is 13.7 Å². The largest absolute Gasteiger partial charge is 0.497 e. The Kier molecular flexibility index (Phi) is 4.57. The summed E-state index contributed by atoms with van der Waals surface area (Å²) in [6, 6.07) is 3.44. The Balaban J connectivity index is 1.76. The molecular weight excluding hydrogens is 348 g/mol. The van der Waals surface area contributed by atoms with Crippen LogP contribution in [0.15, 0.2) is 28.7 Å². The SMILES string of the molecule is COc1cc(C)c(S(=O)(=O)NCCc2csc3ncnn23)c(C)c1. The van der Waals surface area contributed by atoms with Crippen molar-refractivity contribution in [3.63, 3.8) is 0 Å². The number of hydrogen-bond acceptors (Lipinski definition) is 6. The first-order valence-corrected chi connectivity index (χ1v) is 9.69. The molecule has 0 aliphatic rings. The summed E-state index contributed by atoms with van der Waals surface area (Å²) in [7, 11) is -2.03. The average Bonchev–Trinajstić information content (AvgIpc) is 3.10. The van der Waals surface area contributed by atoms with Gasteiger partial charge in [0.2, 0.25) is 15.0 Å². The van der Waals surface area contributed by atoms with Crippen molar-refractivity contribution in [3.8, 4) is 5.75 Å². The fourth-order valence-corrected chi connectivity index (χ4v) is 4.99. The normalized spacial score (nSPS) is 12.0. The second-order valence-corrected chi connectivity index (χ2v) is 7.96. The quantitative estimate of drug-likeness (QED) is 0.720. The topological polar surface area (TPSA) is 85.6 Å². The average molecular weight is 366 g/mol. The fourth-order valence-electron chi connectivity index (χ4n) is 2.68. The van der Waals surface area contributed by atoms with Gasteiger partial charge in [-0.15, -0.1) is 11.3 Å². The predicted octanol–water partition coefficient (Wildman–Crippen LogP) is 1.94. The number of aromatic nitrogens is 3. The number of nitrogens with zero attached hydrogens (tertiary/aromatic N) is 3. The number of hydrogen-bond donors (Lipinski definition) is 1. The molecule has 0 aliphatic carbocycles. The first-order chi connectivity index (χ1) is 11.4. The van der Waals surface area contributed by atoms with Gasteiger partial charge in [0.05, 0.1) is 17.7 Å². The molecule has 2 aromatic heterocycles. The van der Waals surface area contributed by atoms with Gasteiger partial charge in [0.25, 0.3) is 0 Å². The van der Waals surface area contributed by atoms with E-state index in [1.54, 1.807) is 37.6 Å². The third-order valence-corrected chi connectivity index (χ3v) is 6.35. The monoisotopic (exact) mass is 366 g/mol. The number of benzene rings is 1. The number of sulfonamides is 1. The molecule has 3 aromatic rings. The standard InChI is InChI=1S/C15H18N4O3S2/c1-10-6-13(22-3)7-11(2)14(10)24(20,21)18-5-4-12-8-23-15-16-9-17-19(12)15/h6-9,18H,4-5H2,1-3H3. The maximum atomic E-state index is 12.6. The predicted molar refractivity (Wildman–Crippen MR) is 92.2 cm³/mol. The molecule has 1 N–H and O–H groups in total. The Morgan fingerprint density at radius 3 is 2.67 bits per heavy atom. The smallest absolute Gasteiger partial charge is 0.241 e. The second kappa shape index (κ2) is 6.50. The minimum absolute atomic E-state index is 0.291. The molecule has 2 heterocycles. The lowest BCUT2D eigenvalue weighted by Gasteiger charge is -2.13. The van der Waals surface area contributed by atoms with Gasteiger partial charge in [-0.3, -0.25) is 0 Å². The summed E-state index contributed by atoms with van der Waals surface area (Å²) in [6.07, 6.45) is 2.03. The van der Waals surface area contributed by atoms with E-state index < -0.39 is 10.0 Å². The molecule has 128 valence electrons. The molecule has 0 saturated heterocycles. The molecule has 0 radical (unpaired) electrons. The lowest BCUT2D eigenvalue weighted by atomic mass is 10.1. The van der Waals surface area contributed by atoms with Crippen molar-refractivity contribution in [1.29, 1.82) is 0 Å².